The second kappa shape index (κ2) is 26.2. The molecule has 72 heavy (non-hydrogen) atoms. The number of azo groups is 4. The summed E-state index contributed by atoms with van der Waals surface area (Å²) in [6.07, 6.45) is 2.31. The van der Waals surface area contributed by atoms with Gasteiger partial charge in [-0.1, -0.05) is 24.3 Å². The molecule has 0 amide bonds. The van der Waals surface area contributed by atoms with Crippen LogP contribution in [0.5, 0.6) is 0 Å². The van der Waals surface area contributed by atoms with E-state index in [-0.39, 0.29) is 207 Å². The fourth-order valence-electron chi connectivity index (χ4n) is 5.89. The van der Waals surface area contributed by atoms with E-state index >= 15 is 0 Å². The summed E-state index contributed by atoms with van der Waals surface area (Å²) >= 11 is 0. The molecule has 0 aliphatic carbocycles. The van der Waals surface area contributed by atoms with Crippen molar-refractivity contribution in [1.29, 1.82) is 0 Å². The van der Waals surface area contributed by atoms with Crippen molar-refractivity contribution in [3.8, 4) is 0 Å². The first-order chi connectivity index (χ1) is 31.7. The fourth-order valence-corrected chi connectivity index (χ4v) is 8.26. The summed E-state index contributed by atoms with van der Waals surface area (Å²) in [7, 11) is -18.8. The van der Waals surface area contributed by atoms with Crippen molar-refractivity contribution in [2.75, 3.05) is 22.9 Å². The van der Waals surface area contributed by atoms with E-state index < -0.39 is 50.3 Å². The summed E-state index contributed by atoms with van der Waals surface area (Å²) < 4.78 is 134. The van der Waals surface area contributed by atoms with Crippen molar-refractivity contribution >= 4 is 239 Å². The van der Waals surface area contributed by atoms with Crippen molar-refractivity contribution in [3.05, 3.63) is 119 Å². The van der Waals surface area contributed by atoms with Crippen molar-refractivity contribution in [3.63, 3.8) is 0 Å². The van der Waals surface area contributed by atoms with Crippen molar-refractivity contribution in [1.82, 2.24) is 0 Å². The summed E-state index contributed by atoms with van der Waals surface area (Å²) in [5.41, 5.74) is 25.9. The Morgan fingerprint density at radius 2 is 0.667 bits per heavy atom. The standard InChI is InChI=1S/C40H36N12O12S4.4Na/c1-21-17-31(37(43)39(35(21)41)51-45-25-9-13-29(14-10-25)65(53,54)55)49-47-27-7-5-23(33(19-27)67(59,60)61)3-4-24-6-8-28(20-34(24)68(62,63)64)48-50-32-18-22(2)36(42)40(38(32)44)52-46-26-11-15-30(16-12-26)66(56,57)58;;;;/h3-20H,41-44H2,1-2H3,(H,53,54,55)(H,56,57,58)(H,59,60,61)(H,62,63,64);;;;. The summed E-state index contributed by atoms with van der Waals surface area (Å²) in [5, 5.41) is 32.5. The van der Waals surface area contributed by atoms with Crippen molar-refractivity contribution < 1.29 is 51.9 Å². The molecule has 4 radical (unpaired) electrons. The fraction of sp³-hybridized carbons (Fsp3) is 0.0500. The van der Waals surface area contributed by atoms with Crippen LogP contribution in [0.2, 0.25) is 0 Å². The number of nitrogens with zero attached hydrogens (tertiary/aromatic N) is 8. The Morgan fingerprint density at radius 3 is 0.958 bits per heavy atom. The van der Waals surface area contributed by atoms with E-state index in [0.717, 1.165) is 48.6 Å². The predicted molar refractivity (Wildman–Crippen MR) is 274 cm³/mol. The Labute approximate surface area is 501 Å². The SMILES string of the molecule is Cc1cc(N=Nc2ccc(C=Cc3ccc(N=Nc4cc(C)c(N)c(N=Nc5ccc(S(=O)(=O)O)cc5)c4N)cc3S(=O)(=O)O)c(S(=O)(=O)O)c2)c(N)c(N=Nc2ccc(S(=O)(=O)O)cc2)c1N.[Na].[Na].[Na].[Na]. The first-order valence-corrected chi connectivity index (χ1v) is 24.6. The average molecular weight is 1100 g/mol. The monoisotopic (exact) mass is 1100 g/mol. The topological polar surface area (TPSA) is 420 Å². The molecule has 24 nitrogen and oxygen atoms in total. The van der Waals surface area contributed by atoms with Crippen molar-refractivity contribution in [2.24, 2.45) is 40.9 Å². The van der Waals surface area contributed by atoms with Crippen LogP contribution >= 0.6 is 0 Å². The maximum Gasteiger partial charge on any atom is 0.295 e. The van der Waals surface area contributed by atoms with Crippen LogP contribution < -0.4 is 22.9 Å². The van der Waals surface area contributed by atoms with Gasteiger partial charge in [-0.2, -0.15) is 54.1 Å². The van der Waals surface area contributed by atoms with E-state index in [1.165, 1.54) is 60.7 Å². The number of rotatable bonds is 14. The van der Waals surface area contributed by atoms with E-state index in [1.54, 1.807) is 13.8 Å². The first kappa shape index (κ1) is 64.4. The molecule has 0 unspecified atom stereocenters. The molecule has 6 aromatic rings. The number of anilines is 4. The second-order valence-corrected chi connectivity index (χ2v) is 19.9. The van der Waals surface area contributed by atoms with Gasteiger partial charge in [0.05, 0.1) is 55.3 Å². The molecule has 0 aliphatic heterocycles. The molecule has 0 spiro atoms. The van der Waals surface area contributed by atoms with Crippen LogP contribution in [0.4, 0.5) is 68.2 Å². The number of aryl methyl sites for hydroxylation is 2. The molecule has 0 fully saturated rings. The Bertz CT molecular complexity index is 3410. The summed E-state index contributed by atoms with van der Waals surface area (Å²) in [6.45, 7) is 3.23. The molecule has 0 bridgehead atoms. The largest absolute Gasteiger partial charge is 0.397 e. The van der Waals surface area contributed by atoms with Gasteiger partial charge in [0.1, 0.15) is 32.5 Å². The molecule has 0 saturated carbocycles. The van der Waals surface area contributed by atoms with Crippen LogP contribution in [-0.4, -0.2) is 170 Å². The van der Waals surface area contributed by atoms with E-state index in [0.29, 0.717) is 11.1 Å². The third-order valence-electron chi connectivity index (χ3n) is 9.47. The maximum atomic E-state index is 12.6. The maximum absolute atomic E-state index is 12.6. The van der Waals surface area contributed by atoms with Gasteiger partial charge in [0, 0.05) is 118 Å². The second-order valence-electron chi connectivity index (χ2n) is 14.2. The first-order valence-electron chi connectivity index (χ1n) is 18.8. The summed E-state index contributed by atoms with van der Waals surface area (Å²) in [5.74, 6) is 0. The molecule has 12 N–H and O–H groups in total. The number of hydrogen-bond acceptors (Lipinski definition) is 20. The minimum atomic E-state index is -4.95. The van der Waals surface area contributed by atoms with Gasteiger partial charge < -0.3 is 22.9 Å². The average Bonchev–Trinajstić information content (AvgIpc) is 3.26. The normalized spacial score (nSPS) is 12.2. The molecule has 356 valence electrons. The molecule has 0 saturated heterocycles. The minimum Gasteiger partial charge on any atom is -0.397 e. The quantitative estimate of drug-likeness (QED) is 0.0169. The molecule has 6 rings (SSSR count). The third-order valence-corrected chi connectivity index (χ3v) is 13.0. The molecule has 0 heterocycles. The van der Waals surface area contributed by atoms with E-state index in [2.05, 4.69) is 40.9 Å². The molecular formula is C40H36N12Na4O12S4. The number of nitrogens with two attached hydrogens (primary N) is 4. The number of hydrogen-bond donors (Lipinski definition) is 8. The van der Waals surface area contributed by atoms with E-state index in [1.807, 2.05) is 0 Å². The molecular weight excluding hydrogens is 1060 g/mol. The van der Waals surface area contributed by atoms with Crippen LogP contribution in [0.15, 0.2) is 158 Å². The Kier molecular flexibility index (Phi) is 23.4. The zero-order valence-corrected chi connectivity index (χ0v) is 50.2. The molecule has 0 aromatic heterocycles. The zero-order valence-electron chi connectivity index (χ0n) is 39.0. The van der Waals surface area contributed by atoms with Crippen LogP contribution in [-0.2, 0) is 40.5 Å². The van der Waals surface area contributed by atoms with Gasteiger partial charge in [0.25, 0.3) is 40.5 Å². The molecule has 0 aliphatic rings. The van der Waals surface area contributed by atoms with Gasteiger partial charge in [0.15, 0.2) is 0 Å². The van der Waals surface area contributed by atoms with E-state index in [9.17, 15) is 51.9 Å². The van der Waals surface area contributed by atoms with Gasteiger partial charge in [-0.25, -0.2) is 0 Å². The van der Waals surface area contributed by atoms with Gasteiger partial charge in [0.2, 0.25) is 0 Å². The smallest absolute Gasteiger partial charge is 0.295 e. The minimum absolute atomic E-state index is 0. The predicted octanol–water partition coefficient (Wildman–Crippen LogP) is 7.93. The van der Waals surface area contributed by atoms with Crippen LogP contribution in [0.3, 0.4) is 0 Å². The molecule has 6 aromatic carbocycles. The van der Waals surface area contributed by atoms with Gasteiger partial charge in [-0.3, -0.25) is 18.2 Å². The van der Waals surface area contributed by atoms with Crippen molar-refractivity contribution in [2.45, 2.75) is 33.4 Å². The molecule has 0 atom stereocenters. The summed E-state index contributed by atoms with van der Waals surface area (Å²) in [4.78, 5) is -2.04. The van der Waals surface area contributed by atoms with Gasteiger partial charge in [-0.15, -0.1) is 20.5 Å². The number of nitrogen functional groups attached to an aromatic ring is 4. The van der Waals surface area contributed by atoms with Gasteiger partial charge >= 0.3 is 0 Å². The zero-order chi connectivity index (χ0) is 49.9. The van der Waals surface area contributed by atoms with Crippen LogP contribution in [0, 0.1) is 13.8 Å². The Balaban J connectivity index is 0.00000444. The van der Waals surface area contributed by atoms with Gasteiger partial charge in [-0.05, 0) is 121 Å². The van der Waals surface area contributed by atoms with Crippen LogP contribution in [0.25, 0.3) is 12.2 Å². The number of benzene rings is 6. The third kappa shape index (κ3) is 16.4. The summed E-state index contributed by atoms with van der Waals surface area (Å²) in [6, 6.07) is 19.6. The Morgan fingerprint density at radius 1 is 0.375 bits per heavy atom. The van der Waals surface area contributed by atoms with E-state index in [4.69, 9.17) is 22.9 Å². The van der Waals surface area contributed by atoms with Crippen LogP contribution in [0.1, 0.15) is 22.3 Å². The Hall–Kier alpha value is -3.70. The molecule has 32 heteroatoms.